The summed E-state index contributed by atoms with van der Waals surface area (Å²) in [7, 11) is 1.56. The molecule has 3 rings (SSSR count). The fourth-order valence-electron chi connectivity index (χ4n) is 3.18. The van der Waals surface area contributed by atoms with Crippen LogP contribution in [0.25, 0.3) is 0 Å². The largest absolute Gasteiger partial charge is 0.495 e. The Morgan fingerprint density at radius 2 is 1.97 bits per heavy atom. The van der Waals surface area contributed by atoms with Crippen molar-refractivity contribution in [1.82, 2.24) is 4.90 Å². The van der Waals surface area contributed by atoms with E-state index in [1.54, 1.807) is 24.1 Å². The summed E-state index contributed by atoms with van der Waals surface area (Å²) in [6, 6.07) is 13.2. The molecule has 0 aliphatic carbocycles. The van der Waals surface area contributed by atoms with Gasteiger partial charge in [-0.05, 0) is 55.7 Å². The fraction of sp³-hybridized carbons (Fsp3) is 0.348. The first-order valence-electron chi connectivity index (χ1n) is 9.99. The number of carbonyl (C=O) groups is 2. The van der Waals surface area contributed by atoms with E-state index in [1.807, 2.05) is 44.2 Å². The maximum Gasteiger partial charge on any atom is 0.242 e. The number of carbonyl (C=O) groups excluding carboxylic acids is 2. The molecule has 0 unspecified atom stereocenters. The van der Waals surface area contributed by atoms with Gasteiger partial charge in [0.1, 0.15) is 11.0 Å². The van der Waals surface area contributed by atoms with Gasteiger partial charge in [0.15, 0.2) is 5.17 Å². The van der Waals surface area contributed by atoms with Crippen molar-refractivity contribution in [2.24, 2.45) is 4.99 Å². The number of amidine groups is 1. The van der Waals surface area contributed by atoms with Crippen molar-refractivity contribution in [3.63, 3.8) is 0 Å². The molecule has 158 valence electrons. The van der Waals surface area contributed by atoms with Gasteiger partial charge in [-0.25, -0.2) is 4.99 Å². The molecule has 30 heavy (non-hydrogen) atoms. The molecule has 0 radical (unpaired) electrons. The van der Waals surface area contributed by atoms with Crippen LogP contribution in [0.2, 0.25) is 0 Å². The Kier molecular flexibility index (Phi) is 7.15. The summed E-state index contributed by atoms with van der Waals surface area (Å²) in [6.07, 6.45) is 0.895. The molecule has 2 aromatic carbocycles. The van der Waals surface area contributed by atoms with Crippen LogP contribution >= 0.6 is 11.8 Å². The lowest BCUT2D eigenvalue weighted by atomic mass is 10.1. The van der Waals surface area contributed by atoms with Crippen LogP contribution in [-0.2, 0) is 9.59 Å². The van der Waals surface area contributed by atoms with Crippen LogP contribution in [-0.4, -0.2) is 40.8 Å². The second-order valence-corrected chi connectivity index (χ2v) is 8.38. The highest BCUT2D eigenvalue weighted by Crippen LogP contribution is 2.33. The van der Waals surface area contributed by atoms with E-state index in [9.17, 15) is 9.59 Å². The van der Waals surface area contributed by atoms with Crippen LogP contribution < -0.4 is 10.1 Å². The summed E-state index contributed by atoms with van der Waals surface area (Å²) >= 11 is 1.35. The van der Waals surface area contributed by atoms with Gasteiger partial charge in [0.05, 0.1) is 18.5 Å². The lowest BCUT2D eigenvalue weighted by molar-refractivity contribution is -0.128. The molecule has 1 aliphatic heterocycles. The molecule has 6 nitrogen and oxygen atoms in total. The molecule has 1 heterocycles. The van der Waals surface area contributed by atoms with E-state index in [1.165, 1.54) is 17.3 Å². The van der Waals surface area contributed by atoms with Crippen molar-refractivity contribution in [2.45, 2.75) is 38.9 Å². The summed E-state index contributed by atoms with van der Waals surface area (Å²) in [5.74, 6) is 0.287. The molecule has 1 fully saturated rings. The number of nitrogens with zero attached hydrogens (tertiary/aromatic N) is 2. The number of hydrogen-bond donors (Lipinski definition) is 1. The topological polar surface area (TPSA) is 71.0 Å². The molecule has 2 amide bonds. The van der Waals surface area contributed by atoms with Crippen molar-refractivity contribution < 1.29 is 14.3 Å². The molecule has 0 saturated carbocycles. The quantitative estimate of drug-likeness (QED) is 0.699. The zero-order valence-corrected chi connectivity index (χ0v) is 18.6. The Hall–Kier alpha value is -2.80. The fourth-order valence-corrected chi connectivity index (χ4v) is 4.36. The average molecular weight is 426 g/mol. The van der Waals surface area contributed by atoms with Gasteiger partial charge in [-0.3, -0.25) is 14.5 Å². The third kappa shape index (κ3) is 5.02. The molecule has 7 heteroatoms. The van der Waals surface area contributed by atoms with Crippen molar-refractivity contribution in [3.8, 4) is 5.75 Å². The van der Waals surface area contributed by atoms with E-state index in [0.717, 1.165) is 17.7 Å². The molecule has 0 spiro atoms. The number of hydrogen-bond acceptors (Lipinski definition) is 5. The molecular weight excluding hydrogens is 398 g/mol. The Labute approximate surface area is 181 Å². The molecule has 0 bridgehead atoms. The number of aliphatic imine (C=N–C) groups is 1. The number of aryl methyl sites for hydroxylation is 2. The standard InChI is InChI=1S/C23H27N3O3S/c1-5-12-26-22(28)20(14-21(27)25-18-8-6-7-9-19(18)29-4)30-23(26)24-17-11-10-15(2)16(3)13-17/h6-11,13,20H,5,12,14H2,1-4H3,(H,25,27)/t20-/m0/s1. The summed E-state index contributed by atoms with van der Waals surface area (Å²) in [4.78, 5) is 32.0. The van der Waals surface area contributed by atoms with Crippen molar-refractivity contribution >= 4 is 40.1 Å². The number of para-hydroxylation sites is 2. The highest BCUT2D eigenvalue weighted by atomic mass is 32.2. The monoisotopic (exact) mass is 425 g/mol. The van der Waals surface area contributed by atoms with Gasteiger partial charge in [-0.15, -0.1) is 0 Å². The summed E-state index contributed by atoms with van der Waals surface area (Å²) in [5, 5.41) is 3.01. The van der Waals surface area contributed by atoms with E-state index in [-0.39, 0.29) is 18.2 Å². The summed E-state index contributed by atoms with van der Waals surface area (Å²) < 4.78 is 5.27. The van der Waals surface area contributed by atoms with Crippen LogP contribution in [0.1, 0.15) is 30.9 Å². The van der Waals surface area contributed by atoms with E-state index in [2.05, 4.69) is 12.2 Å². The number of methoxy groups -OCH3 is 1. The van der Waals surface area contributed by atoms with Gasteiger partial charge in [-0.1, -0.05) is 36.9 Å². The lowest BCUT2D eigenvalue weighted by Crippen LogP contribution is -2.34. The van der Waals surface area contributed by atoms with Crippen LogP contribution in [0.4, 0.5) is 11.4 Å². The average Bonchev–Trinajstić information content (AvgIpc) is 3.00. The minimum atomic E-state index is -0.489. The van der Waals surface area contributed by atoms with Crippen LogP contribution in [0, 0.1) is 13.8 Å². The molecule has 1 saturated heterocycles. The Morgan fingerprint density at radius 1 is 1.20 bits per heavy atom. The van der Waals surface area contributed by atoms with Gasteiger partial charge < -0.3 is 10.1 Å². The number of nitrogens with one attached hydrogen (secondary N) is 1. The van der Waals surface area contributed by atoms with Gasteiger partial charge in [-0.2, -0.15) is 0 Å². The van der Waals surface area contributed by atoms with Crippen molar-refractivity contribution in [2.75, 3.05) is 19.0 Å². The number of benzene rings is 2. The zero-order chi connectivity index (χ0) is 21.7. The van der Waals surface area contributed by atoms with E-state index >= 15 is 0 Å². The van der Waals surface area contributed by atoms with E-state index in [0.29, 0.717) is 23.1 Å². The highest BCUT2D eigenvalue weighted by Gasteiger charge is 2.38. The molecule has 1 atom stereocenters. The predicted molar refractivity (Wildman–Crippen MR) is 123 cm³/mol. The first kappa shape index (κ1) is 21.9. The lowest BCUT2D eigenvalue weighted by Gasteiger charge is -2.15. The number of thioether (sulfide) groups is 1. The van der Waals surface area contributed by atoms with Gasteiger partial charge in [0, 0.05) is 13.0 Å². The highest BCUT2D eigenvalue weighted by molar-refractivity contribution is 8.15. The van der Waals surface area contributed by atoms with E-state index in [4.69, 9.17) is 9.73 Å². The summed E-state index contributed by atoms with van der Waals surface area (Å²) in [6.45, 7) is 6.70. The predicted octanol–water partition coefficient (Wildman–Crippen LogP) is 4.68. The Morgan fingerprint density at radius 3 is 2.67 bits per heavy atom. The molecular formula is C23H27N3O3S. The third-order valence-electron chi connectivity index (χ3n) is 4.93. The summed E-state index contributed by atoms with van der Waals surface area (Å²) in [5.41, 5.74) is 3.76. The van der Waals surface area contributed by atoms with Gasteiger partial charge in [0.25, 0.3) is 0 Å². The SMILES string of the molecule is CCCN1C(=O)[C@H](CC(=O)Nc2ccccc2OC)SC1=Nc1ccc(C)c(C)c1. The second kappa shape index (κ2) is 9.80. The minimum absolute atomic E-state index is 0.0698. The van der Waals surface area contributed by atoms with Crippen LogP contribution in [0.3, 0.4) is 0 Å². The first-order chi connectivity index (χ1) is 14.4. The molecule has 1 N–H and O–H groups in total. The van der Waals surface area contributed by atoms with Gasteiger partial charge in [0.2, 0.25) is 11.8 Å². The van der Waals surface area contributed by atoms with Crippen LogP contribution in [0.5, 0.6) is 5.75 Å². The first-order valence-corrected chi connectivity index (χ1v) is 10.9. The maximum atomic E-state index is 12.9. The Bertz CT molecular complexity index is 974. The normalized spacial score (nSPS) is 17.5. The van der Waals surface area contributed by atoms with Crippen molar-refractivity contribution in [1.29, 1.82) is 0 Å². The second-order valence-electron chi connectivity index (χ2n) is 7.21. The van der Waals surface area contributed by atoms with Crippen LogP contribution in [0.15, 0.2) is 47.5 Å². The molecule has 2 aromatic rings. The molecule has 1 aliphatic rings. The molecule has 0 aromatic heterocycles. The zero-order valence-electron chi connectivity index (χ0n) is 17.8. The van der Waals surface area contributed by atoms with Gasteiger partial charge >= 0.3 is 0 Å². The maximum absolute atomic E-state index is 12.9. The number of rotatable bonds is 7. The smallest absolute Gasteiger partial charge is 0.242 e. The minimum Gasteiger partial charge on any atom is -0.495 e. The number of anilines is 1. The third-order valence-corrected chi connectivity index (χ3v) is 6.11. The number of amides is 2. The number of ether oxygens (including phenoxy) is 1. The van der Waals surface area contributed by atoms with Crippen molar-refractivity contribution in [3.05, 3.63) is 53.6 Å². The van der Waals surface area contributed by atoms with E-state index < -0.39 is 5.25 Å². The Balaban J connectivity index is 1.75.